The third-order valence-corrected chi connectivity index (χ3v) is 2.83. The van der Waals surface area contributed by atoms with Crippen LogP contribution in [0.4, 0.5) is 4.39 Å². The topological polar surface area (TPSA) is 45.2 Å². The van der Waals surface area contributed by atoms with E-state index in [0.29, 0.717) is 19.3 Å². The summed E-state index contributed by atoms with van der Waals surface area (Å²) in [4.78, 5) is 3.78. The lowest BCUT2D eigenvalue weighted by atomic mass is 9.86. The van der Waals surface area contributed by atoms with Crippen LogP contribution >= 0.6 is 0 Å². The highest BCUT2D eigenvalue weighted by atomic mass is 19.1. The molecule has 0 radical (unpaired) electrons. The van der Waals surface area contributed by atoms with Gasteiger partial charge in [0, 0.05) is 12.6 Å². The molecule has 0 aliphatic carbocycles. The molecule has 0 bridgehead atoms. The van der Waals surface area contributed by atoms with Gasteiger partial charge in [-0.3, -0.25) is 4.98 Å². The fourth-order valence-corrected chi connectivity index (χ4v) is 2.00. The van der Waals surface area contributed by atoms with Gasteiger partial charge in [0.15, 0.2) is 0 Å². The molecule has 0 spiro atoms. The number of hydrogen-bond donors (Lipinski definition) is 2. The van der Waals surface area contributed by atoms with E-state index in [1.807, 2.05) is 0 Å². The van der Waals surface area contributed by atoms with E-state index in [2.05, 4.69) is 10.3 Å². The molecule has 1 fully saturated rings. The summed E-state index contributed by atoms with van der Waals surface area (Å²) in [7, 11) is 0. The van der Waals surface area contributed by atoms with Crippen LogP contribution in [0.2, 0.25) is 0 Å². The molecule has 2 heterocycles. The molecule has 0 aromatic carbocycles. The van der Waals surface area contributed by atoms with Crippen LogP contribution in [-0.4, -0.2) is 28.8 Å². The highest BCUT2D eigenvalue weighted by molar-refractivity contribution is 5.13. The minimum atomic E-state index is -0.694. The monoisotopic (exact) mass is 210 g/mol. The first kappa shape index (κ1) is 10.5. The summed E-state index contributed by atoms with van der Waals surface area (Å²) >= 11 is 0. The molecule has 3 nitrogen and oxygen atoms in total. The fourth-order valence-electron chi connectivity index (χ4n) is 2.00. The second-order valence-corrected chi connectivity index (χ2v) is 4.16. The Morgan fingerprint density at radius 1 is 1.40 bits per heavy atom. The van der Waals surface area contributed by atoms with Gasteiger partial charge in [0.1, 0.15) is 5.82 Å². The molecule has 1 aliphatic rings. The van der Waals surface area contributed by atoms with Crippen molar-refractivity contribution in [1.82, 2.24) is 10.3 Å². The van der Waals surface area contributed by atoms with E-state index in [0.717, 1.165) is 18.7 Å². The molecule has 0 amide bonds. The van der Waals surface area contributed by atoms with Gasteiger partial charge in [0.25, 0.3) is 0 Å². The number of halogens is 1. The normalized spacial score (nSPS) is 20.1. The Balaban J connectivity index is 2.06. The zero-order valence-electron chi connectivity index (χ0n) is 8.54. The number of nitrogens with one attached hydrogen (secondary N) is 1. The van der Waals surface area contributed by atoms with Crippen LogP contribution in [-0.2, 0) is 6.42 Å². The number of hydrogen-bond acceptors (Lipinski definition) is 3. The van der Waals surface area contributed by atoms with Crippen molar-refractivity contribution in [3.8, 4) is 0 Å². The second kappa shape index (κ2) is 4.24. The van der Waals surface area contributed by atoms with Crippen molar-refractivity contribution in [2.24, 2.45) is 0 Å². The summed E-state index contributed by atoms with van der Waals surface area (Å²) in [6.07, 6.45) is 4.70. The number of piperidine rings is 1. The van der Waals surface area contributed by atoms with Gasteiger partial charge < -0.3 is 10.4 Å². The summed E-state index contributed by atoms with van der Waals surface area (Å²) < 4.78 is 12.9. The molecule has 1 aromatic heterocycles. The van der Waals surface area contributed by atoms with Crippen LogP contribution in [0.5, 0.6) is 0 Å². The van der Waals surface area contributed by atoms with Crippen LogP contribution in [0.3, 0.4) is 0 Å². The van der Waals surface area contributed by atoms with Crippen molar-refractivity contribution in [3.05, 3.63) is 29.8 Å². The van der Waals surface area contributed by atoms with Gasteiger partial charge in [-0.2, -0.15) is 0 Å². The zero-order valence-corrected chi connectivity index (χ0v) is 8.54. The Morgan fingerprint density at radius 2 is 2.13 bits per heavy atom. The average Bonchev–Trinajstić information content (AvgIpc) is 2.18. The molecule has 2 rings (SSSR count). The maximum atomic E-state index is 12.9. The highest BCUT2D eigenvalue weighted by Crippen LogP contribution is 2.22. The van der Waals surface area contributed by atoms with E-state index in [4.69, 9.17) is 0 Å². The van der Waals surface area contributed by atoms with E-state index in [-0.39, 0.29) is 5.82 Å². The molecule has 1 aromatic rings. The first-order chi connectivity index (χ1) is 7.18. The van der Waals surface area contributed by atoms with Gasteiger partial charge in [-0.05, 0) is 37.6 Å². The summed E-state index contributed by atoms with van der Waals surface area (Å²) in [6, 6.07) is 1.44. The fraction of sp³-hybridized carbons (Fsp3) is 0.545. The van der Waals surface area contributed by atoms with Crippen molar-refractivity contribution in [1.29, 1.82) is 0 Å². The lowest BCUT2D eigenvalue weighted by Crippen LogP contribution is -2.43. The number of pyridine rings is 1. The van der Waals surface area contributed by atoms with Crippen molar-refractivity contribution in [2.45, 2.75) is 24.9 Å². The maximum absolute atomic E-state index is 12.9. The average molecular weight is 210 g/mol. The van der Waals surface area contributed by atoms with Crippen LogP contribution in [0, 0.1) is 5.82 Å². The predicted molar refractivity (Wildman–Crippen MR) is 55.0 cm³/mol. The van der Waals surface area contributed by atoms with Gasteiger partial charge in [-0.15, -0.1) is 0 Å². The Labute approximate surface area is 88.3 Å². The Bertz CT molecular complexity index is 337. The number of rotatable bonds is 2. The molecule has 1 saturated heterocycles. The summed E-state index contributed by atoms with van der Waals surface area (Å²) in [5, 5.41) is 13.4. The van der Waals surface area contributed by atoms with Gasteiger partial charge in [-0.1, -0.05) is 0 Å². The summed E-state index contributed by atoms with van der Waals surface area (Å²) in [5.74, 6) is -0.343. The van der Waals surface area contributed by atoms with Crippen molar-refractivity contribution >= 4 is 0 Å². The molecule has 0 atom stereocenters. The molecule has 0 saturated carbocycles. The van der Waals surface area contributed by atoms with Crippen molar-refractivity contribution in [3.63, 3.8) is 0 Å². The maximum Gasteiger partial charge on any atom is 0.141 e. The van der Waals surface area contributed by atoms with Gasteiger partial charge in [0.2, 0.25) is 0 Å². The summed E-state index contributed by atoms with van der Waals surface area (Å²) in [5.41, 5.74) is 0.0696. The third kappa shape index (κ3) is 2.73. The molecule has 2 N–H and O–H groups in total. The highest BCUT2D eigenvalue weighted by Gasteiger charge is 2.29. The van der Waals surface area contributed by atoms with Crippen molar-refractivity contribution in [2.75, 3.05) is 13.1 Å². The van der Waals surface area contributed by atoms with E-state index in [9.17, 15) is 9.50 Å². The summed E-state index contributed by atoms with van der Waals surface area (Å²) in [6.45, 7) is 1.64. The van der Waals surface area contributed by atoms with Crippen LogP contribution in [0.25, 0.3) is 0 Å². The SMILES string of the molecule is OC1(Cc2cncc(F)c2)CCNCC1. The lowest BCUT2D eigenvalue weighted by Gasteiger charge is -2.32. The quantitative estimate of drug-likeness (QED) is 0.761. The third-order valence-electron chi connectivity index (χ3n) is 2.83. The second-order valence-electron chi connectivity index (χ2n) is 4.16. The smallest absolute Gasteiger partial charge is 0.141 e. The van der Waals surface area contributed by atoms with E-state index < -0.39 is 5.60 Å². The Kier molecular flexibility index (Phi) is 2.98. The minimum absolute atomic E-state index is 0.343. The Morgan fingerprint density at radius 3 is 2.80 bits per heavy atom. The molecule has 82 valence electrons. The van der Waals surface area contributed by atoms with Crippen LogP contribution in [0.1, 0.15) is 18.4 Å². The lowest BCUT2D eigenvalue weighted by molar-refractivity contribution is 0.0107. The van der Waals surface area contributed by atoms with Crippen molar-refractivity contribution < 1.29 is 9.50 Å². The van der Waals surface area contributed by atoms with Crippen LogP contribution in [0.15, 0.2) is 18.5 Å². The molecular formula is C11H15FN2O. The van der Waals surface area contributed by atoms with E-state index in [1.54, 1.807) is 6.20 Å². The standard InChI is InChI=1S/C11H15FN2O/c12-10-5-9(7-14-8-10)6-11(15)1-3-13-4-2-11/h5,7-8,13,15H,1-4,6H2. The van der Waals surface area contributed by atoms with Gasteiger partial charge in [0.05, 0.1) is 11.8 Å². The Hall–Kier alpha value is -1.00. The first-order valence-corrected chi connectivity index (χ1v) is 5.21. The zero-order chi connectivity index (χ0) is 10.7. The van der Waals surface area contributed by atoms with E-state index >= 15 is 0 Å². The van der Waals surface area contributed by atoms with Gasteiger partial charge >= 0.3 is 0 Å². The first-order valence-electron chi connectivity index (χ1n) is 5.21. The van der Waals surface area contributed by atoms with Gasteiger partial charge in [-0.25, -0.2) is 4.39 Å². The molecule has 4 heteroatoms. The van der Waals surface area contributed by atoms with Crippen LogP contribution < -0.4 is 5.32 Å². The number of aromatic nitrogens is 1. The molecule has 0 unspecified atom stereocenters. The molecule has 1 aliphatic heterocycles. The predicted octanol–water partition coefficient (Wildman–Crippen LogP) is 0.878. The molecular weight excluding hydrogens is 195 g/mol. The van der Waals surface area contributed by atoms with E-state index in [1.165, 1.54) is 12.3 Å². The minimum Gasteiger partial charge on any atom is -0.389 e. The number of nitrogens with zero attached hydrogens (tertiary/aromatic N) is 1. The number of aliphatic hydroxyl groups is 1. The molecule has 15 heavy (non-hydrogen) atoms. The largest absolute Gasteiger partial charge is 0.389 e.